The summed E-state index contributed by atoms with van der Waals surface area (Å²) in [6.45, 7) is 0. The maximum atomic E-state index is 12.4. The standard InChI is InChI=1S/C9H5ClF2OS/c10-5-3-14-6-2-1-4(9(11)12)8(13)7(5)6/h1-3,9,13H. The van der Waals surface area contributed by atoms with E-state index in [-0.39, 0.29) is 5.56 Å². The Morgan fingerprint density at radius 1 is 1.36 bits per heavy atom. The van der Waals surface area contributed by atoms with Gasteiger partial charge in [-0.1, -0.05) is 11.6 Å². The lowest BCUT2D eigenvalue weighted by Gasteiger charge is -2.04. The van der Waals surface area contributed by atoms with E-state index in [2.05, 4.69) is 0 Å². The average Bonchev–Trinajstić information content (AvgIpc) is 2.48. The van der Waals surface area contributed by atoms with Crippen LogP contribution >= 0.6 is 22.9 Å². The smallest absolute Gasteiger partial charge is 0.267 e. The van der Waals surface area contributed by atoms with E-state index in [0.29, 0.717) is 15.1 Å². The van der Waals surface area contributed by atoms with E-state index >= 15 is 0 Å². The third-order valence-electron chi connectivity index (χ3n) is 1.93. The van der Waals surface area contributed by atoms with Crippen molar-refractivity contribution in [3.05, 3.63) is 28.1 Å². The zero-order valence-electron chi connectivity index (χ0n) is 6.80. The minimum Gasteiger partial charge on any atom is -0.507 e. The first-order valence-corrected chi connectivity index (χ1v) is 5.03. The third kappa shape index (κ3) is 1.35. The Labute approximate surface area is 87.5 Å². The largest absolute Gasteiger partial charge is 0.507 e. The Morgan fingerprint density at radius 2 is 2.07 bits per heavy atom. The average molecular weight is 235 g/mol. The predicted octanol–water partition coefficient (Wildman–Crippen LogP) is 4.20. The molecule has 1 aromatic carbocycles. The van der Waals surface area contributed by atoms with Gasteiger partial charge < -0.3 is 5.11 Å². The fourth-order valence-corrected chi connectivity index (χ4v) is 2.47. The van der Waals surface area contributed by atoms with Gasteiger partial charge in [0, 0.05) is 10.1 Å². The minimum atomic E-state index is -2.68. The van der Waals surface area contributed by atoms with Crippen molar-refractivity contribution in [1.82, 2.24) is 0 Å². The van der Waals surface area contributed by atoms with Crippen molar-refractivity contribution in [3.63, 3.8) is 0 Å². The van der Waals surface area contributed by atoms with Crippen LogP contribution in [0.5, 0.6) is 5.75 Å². The molecular formula is C9H5ClF2OS. The molecule has 2 aromatic rings. The van der Waals surface area contributed by atoms with Gasteiger partial charge in [-0.3, -0.25) is 0 Å². The number of phenols is 1. The summed E-state index contributed by atoms with van der Waals surface area (Å²) in [5, 5.41) is 11.8. The number of thiophene rings is 1. The van der Waals surface area contributed by atoms with Gasteiger partial charge in [0.2, 0.25) is 0 Å². The summed E-state index contributed by atoms with van der Waals surface area (Å²) in [6.07, 6.45) is -2.68. The number of rotatable bonds is 1. The summed E-state index contributed by atoms with van der Waals surface area (Å²) in [6, 6.07) is 2.75. The van der Waals surface area contributed by atoms with Crippen LogP contribution in [0.1, 0.15) is 12.0 Å². The van der Waals surface area contributed by atoms with Crippen LogP contribution in [0.3, 0.4) is 0 Å². The Bertz CT molecular complexity index is 481. The highest BCUT2D eigenvalue weighted by molar-refractivity contribution is 7.17. The summed E-state index contributed by atoms with van der Waals surface area (Å²) >= 11 is 7.07. The van der Waals surface area contributed by atoms with Crippen molar-refractivity contribution in [2.24, 2.45) is 0 Å². The van der Waals surface area contributed by atoms with Crippen LogP contribution in [0.15, 0.2) is 17.5 Å². The van der Waals surface area contributed by atoms with Crippen molar-refractivity contribution in [2.75, 3.05) is 0 Å². The van der Waals surface area contributed by atoms with Gasteiger partial charge in [-0.25, -0.2) is 8.78 Å². The molecule has 0 atom stereocenters. The number of aromatic hydroxyl groups is 1. The fourth-order valence-electron chi connectivity index (χ4n) is 1.27. The van der Waals surface area contributed by atoms with Gasteiger partial charge in [-0.2, -0.15) is 0 Å². The first kappa shape index (κ1) is 9.68. The summed E-state index contributed by atoms with van der Waals surface area (Å²) in [4.78, 5) is 0. The molecule has 0 aliphatic carbocycles. The van der Waals surface area contributed by atoms with Crippen molar-refractivity contribution >= 4 is 33.0 Å². The van der Waals surface area contributed by atoms with Gasteiger partial charge in [-0.15, -0.1) is 11.3 Å². The molecule has 5 heteroatoms. The zero-order valence-corrected chi connectivity index (χ0v) is 8.37. The van der Waals surface area contributed by atoms with Crippen LogP contribution in [0.2, 0.25) is 5.02 Å². The highest BCUT2D eigenvalue weighted by atomic mass is 35.5. The number of alkyl halides is 2. The van der Waals surface area contributed by atoms with Crippen LogP contribution in [0.4, 0.5) is 8.78 Å². The first-order chi connectivity index (χ1) is 6.61. The molecule has 0 unspecified atom stereocenters. The molecule has 14 heavy (non-hydrogen) atoms. The van der Waals surface area contributed by atoms with Crippen molar-refractivity contribution in [2.45, 2.75) is 6.43 Å². The molecule has 1 heterocycles. The number of halogens is 3. The lowest BCUT2D eigenvalue weighted by atomic mass is 10.1. The molecule has 0 saturated carbocycles. The Hall–Kier alpha value is -0.870. The molecule has 0 bridgehead atoms. The van der Waals surface area contributed by atoms with Crippen molar-refractivity contribution < 1.29 is 13.9 Å². The van der Waals surface area contributed by atoms with E-state index in [9.17, 15) is 13.9 Å². The Morgan fingerprint density at radius 3 is 2.71 bits per heavy atom. The maximum absolute atomic E-state index is 12.4. The van der Waals surface area contributed by atoms with E-state index < -0.39 is 12.2 Å². The minimum absolute atomic E-state index is 0.310. The molecule has 0 aliphatic rings. The van der Waals surface area contributed by atoms with Gasteiger partial charge >= 0.3 is 0 Å². The predicted molar refractivity (Wildman–Crippen MR) is 53.5 cm³/mol. The van der Waals surface area contributed by atoms with Crippen molar-refractivity contribution in [1.29, 1.82) is 0 Å². The number of hydrogen-bond acceptors (Lipinski definition) is 2. The SMILES string of the molecule is Oc1c(C(F)F)ccc2scc(Cl)c12. The van der Waals surface area contributed by atoms with E-state index in [4.69, 9.17) is 11.6 Å². The van der Waals surface area contributed by atoms with Crippen LogP contribution < -0.4 is 0 Å². The van der Waals surface area contributed by atoms with Gasteiger partial charge in [-0.05, 0) is 12.1 Å². The van der Waals surface area contributed by atoms with E-state index in [1.165, 1.54) is 23.5 Å². The molecule has 0 fully saturated rings. The first-order valence-electron chi connectivity index (χ1n) is 3.78. The second-order valence-electron chi connectivity index (χ2n) is 2.76. The van der Waals surface area contributed by atoms with Crippen LogP contribution in [0, 0.1) is 0 Å². The lowest BCUT2D eigenvalue weighted by molar-refractivity contribution is 0.148. The van der Waals surface area contributed by atoms with E-state index in [0.717, 1.165) is 0 Å². The Balaban J connectivity index is 2.79. The van der Waals surface area contributed by atoms with Crippen LogP contribution in [0.25, 0.3) is 10.1 Å². The molecule has 1 N–H and O–H groups in total. The molecule has 1 nitrogen and oxygen atoms in total. The number of benzene rings is 1. The molecular weight excluding hydrogens is 230 g/mol. The van der Waals surface area contributed by atoms with Gasteiger partial charge in [0.25, 0.3) is 6.43 Å². The third-order valence-corrected chi connectivity index (χ3v) is 3.31. The monoisotopic (exact) mass is 234 g/mol. The van der Waals surface area contributed by atoms with Crippen molar-refractivity contribution in [3.8, 4) is 5.75 Å². The molecule has 0 saturated heterocycles. The fraction of sp³-hybridized carbons (Fsp3) is 0.111. The van der Waals surface area contributed by atoms with E-state index in [1.54, 1.807) is 5.38 Å². The quantitative estimate of drug-likeness (QED) is 0.784. The summed E-state index contributed by atoms with van der Waals surface area (Å²) < 4.78 is 25.5. The highest BCUT2D eigenvalue weighted by Crippen LogP contribution is 2.41. The molecule has 1 aromatic heterocycles. The second-order valence-corrected chi connectivity index (χ2v) is 4.08. The van der Waals surface area contributed by atoms with Crippen LogP contribution in [-0.4, -0.2) is 5.11 Å². The van der Waals surface area contributed by atoms with Gasteiger partial charge in [0.15, 0.2) is 0 Å². The molecule has 0 aliphatic heterocycles. The molecule has 0 radical (unpaired) electrons. The highest BCUT2D eigenvalue weighted by Gasteiger charge is 2.17. The normalized spacial score (nSPS) is 11.4. The summed E-state index contributed by atoms with van der Waals surface area (Å²) in [7, 11) is 0. The van der Waals surface area contributed by atoms with Gasteiger partial charge in [0.1, 0.15) is 5.75 Å². The topological polar surface area (TPSA) is 20.2 Å². The maximum Gasteiger partial charge on any atom is 0.267 e. The zero-order chi connectivity index (χ0) is 10.3. The number of fused-ring (bicyclic) bond motifs is 1. The lowest BCUT2D eigenvalue weighted by Crippen LogP contribution is -1.84. The second kappa shape index (κ2) is 3.37. The number of phenolic OH excluding ortho intramolecular Hbond substituents is 1. The summed E-state index contributed by atoms with van der Waals surface area (Å²) in [5.41, 5.74) is -0.377. The van der Waals surface area contributed by atoms with Gasteiger partial charge in [0.05, 0.1) is 16.0 Å². The molecule has 2 rings (SSSR count). The van der Waals surface area contributed by atoms with Crippen LogP contribution in [-0.2, 0) is 0 Å². The summed E-state index contributed by atoms with van der Waals surface area (Å²) in [5.74, 6) is -0.413. The number of hydrogen-bond donors (Lipinski definition) is 1. The molecule has 0 spiro atoms. The Kier molecular flexibility index (Phi) is 2.33. The molecule has 74 valence electrons. The molecule has 0 amide bonds. The van der Waals surface area contributed by atoms with E-state index in [1.807, 2.05) is 0 Å².